The van der Waals surface area contributed by atoms with Gasteiger partial charge in [0, 0.05) is 24.5 Å². The van der Waals surface area contributed by atoms with E-state index in [1.807, 2.05) is 30.3 Å². The standard InChI is InChI=1S/C31H35F3N2O6S/c1-2-40-28(29(37)38)22-23-14-16-24(17-15-23)41-20-19-36(18-8-9-21-43-25-10-4-3-5-11-25)30(39)35-26-12-6-7-13-27(26)42-31(32,33)34/h3-7,10-17,28H,2,8-9,18-22H2,1H3,(H,35,39)(H,37,38). The fourth-order valence-corrected chi connectivity index (χ4v) is 4.97. The first-order valence-electron chi connectivity index (χ1n) is 13.8. The van der Waals surface area contributed by atoms with Gasteiger partial charge >= 0.3 is 18.4 Å². The lowest BCUT2D eigenvalue weighted by Gasteiger charge is -2.24. The molecule has 0 spiro atoms. The summed E-state index contributed by atoms with van der Waals surface area (Å²) in [4.78, 5) is 27.2. The number of nitrogens with zero attached hydrogens (tertiary/aromatic N) is 1. The molecule has 3 rings (SSSR count). The molecule has 0 saturated heterocycles. The molecule has 0 saturated carbocycles. The van der Waals surface area contributed by atoms with E-state index in [-0.39, 0.29) is 31.9 Å². The van der Waals surface area contributed by atoms with Crippen molar-refractivity contribution in [3.63, 3.8) is 0 Å². The minimum Gasteiger partial charge on any atom is -0.492 e. The third kappa shape index (κ3) is 12.5. The molecular formula is C31H35F3N2O6S. The van der Waals surface area contributed by atoms with Crippen LogP contribution in [0.3, 0.4) is 0 Å². The molecule has 232 valence electrons. The smallest absolute Gasteiger partial charge is 0.492 e. The molecule has 0 aliphatic heterocycles. The van der Waals surface area contributed by atoms with E-state index in [9.17, 15) is 27.9 Å². The molecule has 1 unspecified atom stereocenters. The summed E-state index contributed by atoms with van der Waals surface area (Å²) in [6.07, 6.45) is -4.15. The van der Waals surface area contributed by atoms with Crippen molar-refractivity contribution >= 4 is 29.4 Å². The predicted octanol–water partition coefficient (Wildman–Crippen LogP) is 7.10. The Morgan fingerprint density at radius 2 is 1.65 bits per heavy atom. The van der Waals surface area contributed by atoms with Gasteiger partial charge in [0.15, 0.2) is 11.9 Å². The second kappa shape index (κ2) is 17.3. The summed E-state index contributed by atoms with van der Waals surface area (Å²) in [5, 5.41) is 11.8. The number of anilines is 1. The van der Waals surface area contributed by atoms with Crippen LogP contribution in [0.1, 0.15) is 25.3 Å². The van der Waals surface area contributed by atoms with Gasteiger partial charge in [0.05, 0.1) is 12.2 Å². The number of urea groups is 1. The van der Waals surface area contributed by atoms with Crippen LogP contribution < -0.4 is 14.8 Å². The molecule has 3 aromatic rings. The number of unbranched alkanes of at least 4 members (excludes halogenated alkanes) is 1. The summed E-state index contributed by atoms with van der Waals surface area (Å²) in [5.41, 5.74) is 0.667. The molecule has 1 atom stereocenters. The maximum atomic E-state index is 13.2. The molecule has 43 heavy (non-hydrogen) atoms. The Balaban J connectivity index is 1.59. The molecule has 0 fully saturated rings. The monoisotopic (exact) mass is 620 g/mol. The first-order valence-corrected chi connectivity index (χ1v) is 14.8. The molecule has 0 aromatic heterocycles. The fraction of sp³-hybridized carbons (Fsp3) is 0.355. The van der Waals surface area contributed by atoms with Crippen LogP contribution >= 0.6 is 11.8 Å². The minimum absolute atomic E-state index is 0.0994. The van der Waals surface area contributed by atoms with E-state index >= 15 is 0 Å². The van der Waals surface area contributed by atoms with Crippen molar-refractivity contribution in [2.75, 3.05) is 37.4 Å². The highest BCUT2D eigenvalue weighted by Crippen LogP contribution is 2.30. The van der Waals surface area contributed by atoms with Crippen molar-refractivity contribution in [3.8, 4) is 11.5 Å². The van der Waals surface area contributed by atoms with Crippen LogP contribution in [-0.2, 0) is 16.0 Å². The number of carboxylic acid groups (broad SMARTS) is 1. The predicted molar refractivity (Wildman–Crippen MR) is 159 cm³/mol. The number of aliphatic carboxylic acids is 1. The van der Waals surface area contributed by atoms with Gasteiger partial charge in [-0.25, -0.2) is 9.59 Å². The fourth-order valence-electron chi connectivity index (χ4n) is 4.03. The van der Waals surface area contributed by atoms with Crippen LogP contribution in [0.5, 0.6) is 11.5 Å². The Hall–Kier alpha value is -3.90. The van der Waals surface area contributed by atoms with Gasteiger partial charge in [0.1, 0.15) is 12.4 Å². The number of hydrogen-bond donors (Lipinski definition) is 2. The van der Waals surface area contributed by atoms with Crippen LogP contribution in [0.2, 0.25) is 0 Å². The summed E-state index contributed by atoms with van der Waals surface area (Å²) in [6.45, 7) is 2.68. The van der Waals surface area contributed by atoms with Gasteiger partial charge in [-0.05, 0) is 67.5 Å². The number of alkyl halides is 3. The number of nitrogens with one attached hydrogen (secondary N) is 1. The highest BCUT2D eigenvalue weighted by Gasteiger charge is 2.32. The molecule has 0 aliphatic rings. The van der Waals surface area contributed by atoms with Gasteiger partial charge in [-0.15, -0.1) is 24.9 Å². The van der Waals surface area contributed by atoms with Crippen LogP contribution in [0, 0.1) is 0 Å². The molecule has 0 radical (unpaired) electrons. The molecule has 3 aromatic carbocycles. The first-order chi connectivity index (χ1) is 20.6. The Morgan fingerprint density at radius 1 is 0.953 bits per heavy atom. The van der Waals surface area contributed by atoms with Crippen molar-refractivity contribution in [2.24, 2.45) is 0 Å². The lowest BCUT2D eigenvalue weighted by Crippen LogP contribution is -2.38. The van der Waals surface area contributed by atoms with Crippen LogP contribution in [-0.4, -0.2) is 66.5 Å². The van der Waals surface area contributed by atoms with Crippen molar-refractivity contribution in [3.05, 3.63) is 84.4 Å². The van der Waals surface area contributed by atoms with Gasteiger partial charge in [0.2, 0.25) is 0 Å². The number of benzene rings is 3. The second-order valence-electron chi connectivity index (χ2n) is 9.31. The van der Waals surface area contributed by atoms with Crippen LogP contribution in [0.4, 0.5) is 23.7 Å². The van der Waals surface area contributed by atoms with E-state index in [0.29, 0.717) is 18.7 Å². The lowest BCUT2D eigenvalue weighted by molar-refractivity contribution is -0.274. The second-order valence-corrected chi connectivity index (χ2v) is 10.5. The van der Waals surface area contributed by atoms with Crippen molar-refractivity contribution in [2.45, 2.75) is 43.5 Å². The van der Waals surface area contributed by atoms with Gasteiger partial charge < -0.3 is 29.5 Å². The summed E-state index contributed by atoms with van der Waals surface area (Å²) in [6, 6.07) is 21.6. The van der Waals surface area contributed by atoms with E-state index < -0.39 is 30.2 Å². The van der Waals surface area contributed by atoms with E-state index in [1.54, 1.807) is 43.0 Å². The average molecular weight is 621 g/mol. The van der Waals surface area contributed by atoms with Gasteiger partial charge in [-0.3, -0.25) is 0 Å². The number of amides is 2. The Morgan fingerprint density at radius 3 is 2.33 bits per heavy atom. The highest BCUT2D eigenvalue weighted by atomic mass is 32.2. The van der Waals surface area contributed by atoms with Gasteiger partial charge in [-0.2, -0.15) is 0 Å². The Labute approximate surface area is 253 Å². The number of thioether (sulfide) groups is 1. The van der Waals surface area contributed by atoms with Crippen molar-refractivity contribution < 1.29 is 42.1 Å². The maximum Gasteiger partial charge on any atom is 0.573 e. The zero-order valence-electron chi connectivity index (χ0n) is 23.7. The average Bonchev–Trinajstić information content (AvgIpc) is 2.97. The van der Waals surface area contributed by atoms with Crippen LogP contribution in [0.25, 0.3) is 0 Å². The van der Waals surface area contributed by atoms with Crippen LogP contribution in [0.15, 0.2) is 83.8 Å². The summed E-state index contributed by atoms with van der Waals surface area (Å²) < 4.78 is 53.7. The number of carbonyl (C=O) groups excluding carboxylic acids is 1. The number of halogens is 3. The summed E-state index contributed by atoms with van der Waals surface area (Å²) in [7, 11) is 0. The zero-order chi connectivity index (χ0) is 31.1. The SMILES string of the molecule is CCOC(Cc1ccc(OCCN(CCCCSc2ccccc2)C(=O)Nc2ccccc2OC(F)(F)F)cc1)C(=O)O. The number of carbonyl (C=O) groups is 2. The van der Waals surface area contributed by atoms with E-state index in [1.165, 1.54) is 23.1 Å². The molecule has 0 heterocycles. The van der Waals surface area contributed by atoms with Crippen molar-refractivity contribution in [1.29, 1.82) is 0 Å². The number of para-hydroxylation sites is 2. The number of carboxylic acids is 1. The first kappa shape index (κ1) is 33.6. The normalized spacial score (nSPS) is 11.9. The lowest BCUT2D eigenvalue weighted by atomic mass is 10.1. The van der Waals surface area contributed by atoms with E-state index in [0.717, 1.165) is 28.7 Å². The third-order valence-electron chi connectivity index (χ3n) is 6.09. The number of rotatable bonds is 17. The quantitative estimate of drug-likeness (QED) is 0.123. The van der Waals surface area contributed by atoms with Crippen molar-refractivity contribution in [1.82, 2.24) is 4.90 Å². The molecule has 0 bridgehead atoms. The summed E-state index contributed by atoms with van der Waals surface area (Å²) >= 11 is 1.71. The van der Waals surface area contributed by atoms with Gasteiger partial charge in [-0.1, -0.05) is 42.5 Å². The Kier molecular flexibility index (Phi) is 13.5. The molecular weight excluding hydrogens is 585 g/mol. The molecule has 0 aliphatic carbocycles. The largest absolute Gasteiger partial charge is 0.573 e. The van der Waals surface area contributed by atoms with E-state index in [2.05, 4.69) is 10.1 Å². The molecule has 2 N–H and O–H groups in total. The highest BCUT2D eigenvalue weighted by molar-refractivity contribution is 7.99. The molecule has 8 nitrogen and oxygen atoms in total. The topological polar surface area (TPSA) is 97.3 Å². The third-order valence-corrected chi connectivity index (χ3v) is 7.19. The molecule has 12 heteroatoms. The molecule has 2 amide bonds. The van der Waals surface area contributed by atoms with Gasteiger partial charge in [0.25, 0.3) is 0 Å². The zero-order valence-corrected chi connectivity index (χ0v) is 24.5. The van der Waals surface area contributed by atoms with E-state index in [4.69, 9.17) is 9.47 Å². The number of ether oxygens (including phenoxy) is 3. The number of hydrogen-bond acceptors (Lipinski definition) is 6. The summed E-state index contributed by atoms with van der Waals surface area (Å²) in [5.74, 6) is -0.174. The maximum absolute atomic E-state index is 13.2. The Bertz CT molecular complexity index is 1280. The minimum atomic E-state index is -4.90.